The number of aromatic nitrogens is 2. The van der Waals surface area contributed by atoms with Crippen molar-refractivity contribution in [3.8, 4) is 11.6 Å². The van der Waals surface area contributed by atoms with Crippen LogP contribution < -0.4 is 4.74 Å². The van der Waals surface area contributed by atoms with Crippen LogP contribution in [0.4, 0.5) is 0 Å². The summed E-state index contributed by atoms with van der Waals surface area (Å²) >= 11 is 3.37. The van der Waals surface area contributed by atoms with Gasteiger partial charge < -0.3 is 4.74 Å². The summed E-state index contributed by atoms with van der Waals surface area (Å²) in [6.45, 7) is 10.4. The van der Waals surface area contributed by atoms with E-state index in [9.17, 15) is 0 Å². The Labute approximate surface area is 128 Å². The smallest absolute Gasteiger partial charge is 0.223 e. The van der Waals surface area contributed by atoms with Crippen molar-refractivity contribution in [1.29, 1.82) is 0 Å². The van der Waals surface area contributed by atoms with Gasteiger partial charge in [-0.2, -0.15) is 4.98 Å². The lowest BCUT2D eigenvalue weighted by Gasteiger charge is -2.22. The molecule has 0 fully saturated rings. The lowest BCUT2D eigenvalue weighted by Crippen LogP contribution is -2.12. The van der Waals surface area contributed by atoms with E-state index >= 15 is 0 Å². The van der Waals surface area contributed by atoms with Gasteiger partial charge in [0.05, 0.1) is 0 Å². The van der Waals surface area contributed by atoms with Crippen LogP contribution in [-0.2, 0) is 5.41 Å². The van der Waals surface area contributed by atoms with Crippen LogP contribution in [0.5, 0.6) is 11.6 Å². The summed E-state index contributed by atoms with van der Waals surface area (Å²) in [4.78, 5) is 8.51. The lowest BCUT2D eigenvalue weighted by atomic mass is 9.86. The summed E-state index contributed by atoms with van der Waals surface area (Å²) in [5, 5.41) is 0. The Morgan fingerprint density at radius 2 is 1.75 bits per heavy atom. The third-order valence-corrected chi connectivity index (χ3v) is 3.35. The van der Waals surface area contributed by atoms with Crippen molar-refractivity contribution >= 4 is 15.9 Å². The third kappa shape index (κ3) is 3.57. The molecule has 2 aromatic rings. The first-order chi connectivity index (χ1) is 9.25. The molecule has 0 aliphatic carbocycles. The Balaban J connectivity index is 2.44. The quantitative estimate of drug-likeness (QED) is 0.729. The van der Waals surface area contributed by atoms with Gasteiger partial charge in [-0.3, -0.25) is 0 Å². The Kier molecular flexibility index (Phi) is 4.14. The van der Waals surface area contributed by atoms with Crippen molar-refractivity contribution in [2.45, 2.75) is 40.0 Å². The summed E-state index contributed by atoms with van der Waals surface area (Å²) < 4.78 is 6.72. The summed E-state index contributed by atoms with van der Waals surface area (Å²) in [7, 11) is 0. The van der Waals surface area contributed by atoms with Crippen LogP contribution in [0.3, 0.4) is 0 Å². The minimum atomic E-state index is 0.0162. The van der Waals surface area contributed by atoms with Crippen molar-refractivity contribution in [2.24, 2.45) is 0 Å². The summed E-state index contributed by atoms with van der Waals surface area (Å²) in [6.07, 6.45) is 0. The molecule has 0 aliphatic rings. The Morgan fingerprint density at radius 1 is 1.05 bits per heavy atom. The maximum absolute atomic E-state index is 6.00. The fourth-order valence-corrected chi connectivity index (χ4v) is 2.46. The third-order valence-electron chi connectivity index (χ3n) is 2.94. The Morgan fingerprint density at radius 3 is 2.35 bits per heavy atom. The first-order valence-electron chi connectivity index (χ1n) is 6.56. The summed E-state index contributed by atoms with van der Waals surface area (Å²) in [5.74, 6) is 2.09. The van der Waals surface area contributed by atoms with Crippen LogP contribution in [0.15, 0.2) is 28.9 Å². The Bertz CT molecular complexity index is 613. The molecule has 1 aromatic carbocycles. The van der Waals surface area contributed by atoms with E-state index in [2.05, 4.69) is 65.7 Å². The van der Waals surface area contributed by atoms with Gasteiger partial charge in [-0.05, 0) is 46.8 Å². The van der Waals surface area contributed by atoms with E-state index in [0.717, 1.165) is 21.5 Å². The molecule has 106 valence electrons. The second kappa shape index (κ2) is 5.52. The highest BCUT2D eigenvalue weighted by Gasteiger charge is 2.19. The number of hydrogen-bond donors (Lipinski definition) is 0. The molecule has 0 bridgehead atoms. The van der Waals surface area contributed by atoms with Gasteiger partial charge in [0, 0.05) is 11.6 Å². The standard InChI is InChI=1S/C16H19BrN2O/c1-10-6-7-12(16(3,4)5)13(8-10)20-15-9-14(17)18-11(2)19-15/h6-9H,1-5H3. The monoisotopic (exact) mass is 334 g/mol. The van der Waals surface area contributed by atoms with Gasteiger partial charge in [0.15, 0.2) is 0 Å². The number of aryl methyl sites for hydroxylation is 2. The van der Waals surface area contributed by atoms with Crippen LogP contribution in [0.2, 0.25) is 0 Å². The van der Waals surface area contributed by atoms with Crippen molar-refractivity contribution < 1.29 is 4.74 Å². The van der Waals surface area contributed by atoms with E-state index in [1.165, 1.54) is 0 Å². The molecule has 0 amide bonds. The molecule has 0 spiro atoms. The molecule has 4 heteroatoms. The first kappa shape index (κ1) is 15.0. The summed E-state index contributed by atoms with van der Waals surface area (Å²) in [5.41, 5.74) is 2.34. The van der Waals surface area contributed by atoms with Gasteiger partial charge in [-0.1, -0.05) is 32.9 Å². The molecule has 0 aliphatic heterocycles. The topological polar surface area (TPSA) is 35.0 Å². The minimum absolute atomic E-state index is 0.0162. The number of nitrogens with zero attached hydrogens (tertiary/aromatic N) is 2. The molecule has 0 atom stereocenters. The minimum Gasteiger partial charge on any atom is -0.439 e. The molecule has 0 N–H and O–H groups in total. The summed E-state index contributed by atoms with van der Waals surface area (Å²) in [6, 6.07) is 8.05. The fraction of sp³-hybridized carbons (Fsp3) is 0.375. The highest BCUT2D eigenvalue weighted by Crippen LogP contribution is 2.34. The zero-order chi connectivity index (χ0) is 14.9. The number of rotatable bonds is 2. The maximum Gasteiger partial charge on any atom is 0.223 e. The van der Waals surface area contributed by atoms with Gasteiger partial charge in [0.2, 0.25) is 5.88 Å². The van der Waals surface area contributed by atoms with E-state index in [-0.39, 0.29) is 5.41 Å². The molecule has 1 heterocycles. The molecular formula is C16H19BrN2O. The normalized spacial score (nSPS) is 11.5. The molecule has 0 radical (unpaired) electrons. The largest absolute Gasteiger partial charge is 0.439 e. The number of benzene rings is 1. The second-order valence-electron chi connectivity index (χ2n) is 5.93. The second-order valence-corrected chi connectivity index (χ2v) is 6.74. The molecule has 0 saturated heterocycles. The van der Waals surface area contributed by atoms with Crippen LogP contribution in [0.25, 0.3) is 0 Å². The molecule has 1 aromatic heterocycles. The predicted octanol–water partition coefficient (Wildman–Crippen LogP) is 4.95. The van der Waals surface area contributed by atoms with Gasteiger partial charge >= 0.3 is 0 Å². The van der Waals surface area contributed by atoms with Crippen LogP contribution >= 0.6 is 15.9 Å². The van der Waals surface area contributed by atoms with Crippen molar-refractivity contribution in [1.82, 2.24) is 9.97 Å². The SMILES string of the molecule is Cc1ccc(C(C)(C)C)c(Oc2cc(Br)nc(C)n2)c1. The average molecular weight is 335 g/mol. The zero-order valence-electron chi connectivity index (χ0n) is 12.5. The maximum atomic E-state index is 6.00. The highest BCUT2D eigenvalue weighted by molar-refractivity contribution is 9.10. The number of ether oxygens (including phenoxy) is 1. The van der Waals surface area contributed by atoms with Crippen molar-refractivity contribution in [3.63, 3.8) is 0 Å². The lowest BCUT2D eigenvalue weighted by molar-refractivity contribution is 0.436. The average Bonchev–Trinajstić information content (AvgIpc) is 2.25. The molecule has 3 nitrogen and oxygen atoms in total. The van der Waals surface area contributed by atoms with Crippen LogP contribution in [-0.4, -0.2) is 9.97 Å². The molecule has 2 rings (SSSR count). The molecule has 20 heavy (non-hydrogen) atoms. The zero-order valence-corrected chi connectivity index (χ0v) is 14.1. The van der Waals surface area contributed by atoms with Gasteiger partial charge in [0.1, 0.15) is 16.2 Å². The molecule has 0 saturated carbocycles. The number of halogens is 1. The molecule has 0 unspecified atom stereocenters. The van der Waals surface area contributed by atoms with Gasteiger partial charge in [-0.15, -0.1) is 0 Å². The van der Waals surface area contributed by atoms with E-state index in [1.54, 1.807) is 6.07 Å². The highest BCUT2D eigenvalue weighted by atomic mass is 79.9. The van der Waals surface area contributed by atoms with Crippen LogP contribution in [0.1, 0.15) is 37.7 Å². The van der Waals surface area contributed by atoms with E-state index in [1.807, 2.05) is 13.0 Å². The first-order valence-corrected chi connectivity index (χ1v) is 7.35. The van der Waals surface area contributed by atoms with E-state index in [4.69, 9.17) is 4.74 Å². The van der Waals surface area contributed by atoms with Gasteiger partial charge in [0.25, 0.3) is 0 Å². The van der Waals surface area contributed by atoms with E-state index in [0.29, 0.717) is 11.7 Å². The van der Waals surface area contributed by atoms with Crippen molar-refractivity contribution in [3.05, 3.63) is 45.8 Å². The Hall–Kier alpha value is -1.42. The van der Waals surface area contributed by atoms with Crippen LogP contribution in [0, 0.1) is 13.8 Å². The van der Waals surface area contributed by atoms with Gasteiger partial charge in [-0.25, -0.2) is 4.98 Å². The molecular weight excluding hydrogens is 316 g/mol. The van der Waals surface area contributed by atoms with E-state index < -0.39 is 0 Å². The number of hydrogen-bond acceptors (Lipinski definition) is 3. The fourth-order valence-electron chi connectivity index (χ4n) is 2.00. The van der Waals surface area contributed by atoms with Crippen molar-refractivity contribution in [2.75, 3.05) is 0 Å². The predicted molar refractivity (Wildman–Crippen MR) is 84.4 cm³/mol.